The number of hydrogen-bond donors (Lipinski definition) is 2. The Labute approximate surface area is 203 Å². The van der Waals surface area contributed by atoms with Gasteiger partial charge in [0.15, 0.2) is 17.5 Å². The first kappa shape index (κ1) is 24.4. The van der Waals surface area contributed by atoms with Crippen LogP contribution in [0.25, 0.3) is 0 Å². The fourth-order valence-corrected chi connectivity index (χ4v) is 4.79. The van der Waals surface area contributed by atoms with Crippen molar-refractivity contribution in [2.75, 3.05) is 40.4 Å². The molecule has 174 valence electrons. The number of fused-ring (bicyclic) bond motifs is 1. The predicted molar refractivity (Wildman–Crippen MR) is 134 cm³/mol. The molecule has 0 bridgehead atoms. The number of morpholine rings is 1. The van der Waals surface area contributed by atoms with Gasteiger partial charge < -0.3 is 24.8 Å². The van der Waals surface area contributed by atoms with Gasteiger partial charge in [-0.05, 0) is 51.1 Å². The fourth-order valence-electron chi connectivity index (χ4n) is 4.79. The van der Waals surface area contributed by atoms with Crippen LogP contribution in [0, 0.1) is 0 Å². The normalized spacial score (nSPS) is 24.4. The molecule has 1 aromatic carbocycles. The number of nitrogens with one attached hydrogen (secondary N) is 2. The predicted octanol–water partition coefficient (Wildman–Crippen LogP) is 3.16. The molecule has 1 aromatic rings. The smallest absolute Gasteiger partial charge is 0.191 e. The number of halogens is 1. The Morgan fingerprint density at radius 1 is 1.19 bits per heavy atom. The third kappa shape index (κ3) is 6.38. The van der Waals surface area contributed by atoms with Crippen LogP contribution in [0.15, 0.2) is 23.2 Å². The van der Waals surface area contributed by atoms with E-state index in [1.165, 1.54) is 32.2 Å². The molecule has 2 N–H and O–H groups in total. The van der Waals surface area contributed by atoms with E-state index in [0.29, 0.717) is 12.6 Å². The Hall–Kier alpha value is -1.26. The lowest BCUT2D eigenvalue weighted by molar-refractivity contribution is -0.0453. The summed E-state index contributed by atoms with van der Waals surface area (Å²) in [6.45, 7) is 4.44. The number of guanidine groups is 1. The van der Waals surface area contributed by atoms with Gasteiger partial charge >= 0.3 is 0 Å². The monoisotopic (exact) mass is 544 g/mol. The SMILES string of the molecule is CN=C(NCc1cccc(OC)c1OC1CCCC1)NCC1CN2CCCC2CO1.I. The van der Waals surface area contributed by atoms with Gasteiger partial charge in [0.25, 0.3) is 0 Å². The third-order valence-corrected chi connectivity index (χ3v) is 6.50. The second-order valence-corrected chi connectivity index (χ2v) is 8.53. The standard InChI is InChI=1S/C23H36N4O3.HI/c1-24-23(26-14-20-15-27-12-6-8-18(27)16-29-20)25-13-17-7-5-11-21(28-2)22(17)30-19-9-3-4-10-19;/h5,7,11,18-20H,3-4,6,8-10,12-16H2,1-2H3,(H2,24,25,26);1H. The van der Waals surface area contributed by atoms with Gasteiger partial charge in [-0.2, -0.15) is 0 Å². The lowest BCUT2D eigenvalue weighted by Gasteiger charge is -2.35. The van der Waals surface area contributed by atoms with Crippen LogP contribution >= 0.6 is 24.0 Å². The average molecular weight is 544 g/mol. The van der Waals surface area contributed by atoms with Crippen LogP contribution in [0.5, 0.6) is 11.5 Å². The minimum atomic E-state index is 0. The first-order valence-corrected chi connectivity index (χ1v) is 11.4. The topological polar surface area (TPSA) is 67.4 Å². The summed E-state index contributed by atoms with van der Waals surface area (Å²) < 4.78 is 18.0. The minimum absolute atomic E-state index is 0. The van der Waals surface area contributed by atoms with E-state index in [9.17, 15) is 0 Å². The highest BCUT2D eigenvalue weighted by Crippen LogP contribution is 2.34. The maximum atomic E-state index is 6.34. The van der Waals surface area contributed by atoms with Crippen LogP contribution in [-0.2, 0) is 11.3 Å². The Morgan fingerprint density at radius 2 is 2.03 bits per heavy atom. The minimum Gasteiger partial charge on any atom is -0.493 e. The van der Waals surface area contributed by atoms with E-state index in [4.69, 9.17) is 14.2 Å². The molecular formula is C23H37IN4O3. The second-order valence-electron chi connectivity index (χ2n) is 8.53. The Morgan fingerprint density at radius 3 is 2.81 bits per heavy atom. The van der Waals surface area contributed by atoms with E-state index in [1.807, 2.05) is 12.1 Å². The molecule has 1 aliphatic carbocycles. The van der Waals surface area contributed by atoms with Crippen molar-refractivity contribution in [2.24, 2.45) is 4.99 Å². The maximum Gasteiger partial charge on any atom is 0.191 e. The highest BCUT2D eigenvalue weighted by Gasteiger charge is 2.32. The van der Waals surface area contributed by atoms with Crippen molar-refractivity contribution in [2.45, 2.75) is 63.3 Å². The fraction of sp³-hybridized carbons (Fsp3) is 0.696. The molecule has 7 nitrogen and oxygen atoms in total. The first-order valence-electron chi connectivity index (χ1n) is 11.4. The number of rotatable bonds is 7. The second kappa shape index (κ2) is 12.1. The Bertz CT molecular complexity index is 727. The lowest BCUT2D eigenvalue weighted by atomic mass is 10.1. The lowest BCUT2D eigenvalue weighted by Crippen LogP contribution is -2.51. The Kier molecular flexibility index (Phi) is 9.52. The van der Waals surface area contributed by atoms with Crippen molar-refractivity contribution in [3.63, 3.8) is 0 Å². The zero-order valence-corrected chi connectivity index (χ0v) is 21.1. The van der Waals surface area contributed by atoms with E-state index in [1.54, 1.807) is 14.2 Å². The third-order valence-electron chi connectivity index (χ3n) is 6.50. The number of methoxy groups -OCH3 is 1. The molecule has 3 aliphatic rings. The molecule has 2 atom stereocenters. The number of para-hydroxylation sites is 1. The number of ether oxygens (including phenoxy) is 3. The van der Waals surface area contributed by atoms with E-state index in [2.05, 4.69) is 26.6 Å². The Balaban J connectivity index is 0.00000272. The van der Waals surface area contributed by atoms with Gasteiger partial charge in [-0.15, -0.1) is 24.0 Å². The zero-order valence-electron chi connectivity index (χ0n) is 18.8. The quantitative estimate of drug-likeness (QED) is 0.313. The summed E-state index contributed by atoms with van der Waals surface area (Å²) in [6, 6.07) is 6.69. The van der Waals surface area contributed by atoms with E-state index in [-0.39, 0.29) is 36.2 Å². The summed E-state index contributed by atoms with van der Waals surface area (Å²) in [5, 5.41) is 6.85. The van der Waals surface area contributed by atoms with Crippen LogP contribution < -0.4 is 20.1 Å². The number of benzene rings is 1. The van der Waals surface area contributed by atoms with Gasteiger partial charge in [0, 0.05) is 38.3 Å². The molecule has 4 rings (SSSR count). The van der Waals surface area contributed by atoms with Gasteiger partial charge in [0.1, 0.15) is 0 Å². The number of hydrogen-bond acceptors (Lipinski definition) is 5. The molecule has 2 heterocycles. The van der Waals surface area contributed by atoms with Crippen molar-refractivity contribution >= 4 is 29.9 Å². The summed E-state index contributed by atoms with van der Waals surface area (Å²) >= 11 is 0. The van der Waals surface area contributed by atoms with Gasteiger partial charge in [0.2, 0.25) is 0 Å². The van der Waals surface area contributed by atoms with Crippen molar-refractivity contribution < 1.29 is 14.2 Å². The molecular weight excluding hydrogens is 507 g/mol. The van der Waals surface area contributed by atoms with Crippen molar-refractivity contribution in [3.05, 3.63) is 23.8 Å². The molecule has 0 radical (unpaired) electrons. The summed E-state index contributed by atoms with van der Waals surface area (Å²) in [7, 11) is 3.50. The largest absolute Gasteiger partial charge is 0.493 e. The van der Waals surface area contributed by atoms with Gasteiger partial charge in [-0.3, -0.25) is 9.89 Å². The molecule has 1 saturated carbocycles. The molecule has 31 heavy (non-hydrogen) atoms. The van der Waals surface area contributed by atoms with Crippen LogP contribution in [0.3, 0.4) is 0 Å². The molecule has 2 unspecified atom stereocenters. The highest BCUT2D eigenvalue weighted by molar-refractivity contribution is 14.0. The molecule has 2 aliphatic heterocycles. The molecule has 2 saturated heterocycles. The van der Waals surface area contributed by atoms with Crippen molar-refractivity contribution in [1.29, 1.82) is 0 Å². The number of nitrogens with zero attached hydrogens (tertiary/aromatic N) is 2. The zero-order chi connectivity index (χ0) is 20.8. The van der Waals surface area contributed by atoms with Crippen molar-refractivity contribution in [3.8, 4) is 11.5 Å². The number of aliphatic imine (C=N–C) groups is 1. The van der Waals surface area contributed by atoms with Crippen LogP contribution in [-0.4, -0.2) is 69.5 Å². The molecule has 3 fully saturated rings. The highest BCUT2D eigenvalue weighted by atomic mass is 127. The summed E-state index contributed by atoms with van der Waals surface area (Å²) in [5.41, 5.74) is 1.08. The van der Waals surface area contributed by atoms with E-state index < -0.39 is 0 Å². The molecule has 0 aromatic heterocycles. The first-order chi connectivity index (χ1) is 14.8. The molecule has 8 heteroatoms. The van der Waals surface area contributed by atoms with Crippen molar-refractivity contribution in [1.82, 2.24) is 15.5 Å². The summed E-state index contributed by atoms with van der Waals surface area (Å²) in [6.07, 6.45) is 7.78. The van der Waals surface area contributed by atoms with Crippen LogP contribution in [0.1, 0.15) is 44.1 Å². The van der Waals surface area contributed by atoms with E-state index in [0.717, 1.165) is 55.6 Å². The maximum absolute atomic E-state index is 6.34. The van der Waals surface area contributed by atoms with Gasteiger partial charge in [-0.1, -0.05) is 12.1 Å². The van der Waals surface area contributed by atoms with Gasteiger partial charge in [0.05, 0.1) is 25.9 Å². The van der Waals surface area contributed by atoms with Gasteiger partial charge in [-0.25, -0.2) is 0 Å². The summed E-state index contributed by atoms with van der Waals surface area (Å²) in [4.78, 5) is 6.95. The molecule has 0 amide bonds. The van der Waals surface area contributed by atoms with E-state index >= 15 is 0 Å². The van der Waals surface area contributed by atoms with Crippen LogP contribution in [0.4, 0.5) is 0 Å². The average Bonchev–Trinajstić information content (AvgIpc) is 3.46. The van der Waals surface area contributed by atoms with Crippen LogP contribution in [0.2, 0.25) is 0 Å². The molecule has 0 spiro atoms. The summed E-state index contributed by atoms with van der Waals surface area (Å²) in [5.74, 6) is 2.42.